The molecule has 2 aliphatic rings. The summed E-state index contributed by atoms with van der Waals surface area (Å²) in [6, 6.07) is 1.10. The molecular formula is C12H27N3O2Si. The first-order chi connectivity index (χ1) is 8.77. The molecule has 2 aliphatic heterocycles. The van der Waals surface area contributed by atoms with E-state index in [9.17, 15) is 0 Å². The number of nitrogens with one attached hydrogen (secondary N) is 1. The fourth-order valence-corrected chi connectivity index (χ4v) is 6.58. The molecule has 2 rings (SSSR count). The number of nitrogens with zero attached hydrogens (tertiary/aromatic N) is 2. The smallest absolute Gasteiger partial charge is 0.386 e. The fraction of sp³-hybridized carbons (Fsp3) is 1.00. The van der Waals surface area contributed by atoms with Crippen LogP contribution in [0.1, 0.15) is 19.8 Å². The van der Waals surface area contributed by atoms with E-state index in [1.807, 2.05) is 14.2 Å². The second-order valence-corrected chi connectivity index (χ2v) is 8.41. The summed E-state index contributed by atoms with van der Waals surface area (Å²) in [5, 5.41) is 3.42. The Balaban J connectivity index is 2.10. The molecule has 2 fully saturated rings. The Kier molecular flexibility index (Phi) is 5.17. The monoisotopic (exact) mass is 273 g/mol. The quantitative estimate of drug-likeness (QED) is 0.741. The van der Waals surface area contributed by atoms with E-state index in [4.69, 9.17) is 8.85 Å². The summed E-state index contributed by atoms with van der Waals surface area (Å²) in [4.78, 5) is 2.58. The molecule has 2 saturated heterocycles. The molecule has 18 heavy (non-hydrogen) atoms. The second-order valence-electron chi connectivity index (χ2n) is 5.09. The van der Waals surface area contributed by atoms with E-state index >= 15 is 0 Å². The molecule has 0 saturated carbocycles. The Labute approximate surface area is 112 Å². The Morgan fingerprint density at radius 3 is 2.39 bits per heavy atom. The van der Waals surface area contributed by atoms with Gasteiger partial charge in [-0.2, -0.15) is 0 Å². The predicted octanol–water partition coefficient (Wildman–Crippen LogP) is 0.565. The maximum atomic E-state index is 5.83. The van der Waals surface area contributed by atoms with Crippen molar-refractivity contribution in [3.05, 3.63) is 0 Å². The molecule has 1 atom stereocenters. The molecule has 1 N–H and O–H groups in total. The number of piperazine rings is 1. The number of rotatable bonds is 5. The van der Waals surface area contributed by atoms with Crippen LogP contribution in [0.4, 0.5) is 0 Å². The van der Waals surface area contributed by atoms with Gasteiger partial charge in [-0.3, -0.25) is 9.47 Å². The zero-order chi connectivity index (χ0) is 13.0. The fourth-order valence-electron chi connectivity index (χ4n) is 3.34. The van der Waals surface area contributed by atoms with E-state index in [2.05, 4.69) is 21.7 Å². The van der Waals surface area contributed by atoms with Crippen molar-refractivity contribution in [1.82, 2.24) is 14.8 Å². The molecule has 2 heterocycles. The molecule has 1 unspecified atom stereocenters. The molecule has 0 spiro atoms. The summed E-state index contributed by atoms with van der Waals surface area (Å²) in [7, 11) is 1.53. The molecule has 6 heteroatoms. The van der Waals surface area contributed by atoms with Crippen molar-refractivity contribution in [3.8, 4) is 0 Å². The molecular weight excluding hydrogens is 246 g/mol. The third kappa shape index (κ3) is 2.64. The van der Waals surface area contributed by atoms with Gasteiger partial charge < -0.3 is 14.2 Å². The van der Waals surface area contributed by atoms with Crippen molar-refractivity contribution in [3.63, 3.8) is 0 Å². The summed E-state index contributed by atoms with van der Waals surface area (Å²) < 4.78 is 14.2. The minimum Gasteiger partial charge on any atom is -0.386 e. The maximum Gasteiger partial charge on any atom is 0.428 e. The van der Waals surface area contributed by atoms with Crippen molar-refractivity contribution >= 4 is 8.72 Å². The molecule has 0 aromatic rings. The lowest BCUT2D eigenvalue weighted by Crippen LogP contribution is -2.63. The molecule has 106 valence electrons. The van der Waals surface area contributed by atoms with Crippen LogP contribution in [0.3, 0.4) is 0 Å². The third-order valence-electron chi connectivity index (χ3n) is 4.27. The molecule has 0 aliphatic carbocycles. The van der Waals surface area contributed by atoms with Gasteiger partial charge in [0.15, 0.2) is 0 Å². The standard InChI is InChI=1S/C12H27N3O2Si/c1-4-12(14-9-6-13-7-10-14)15-8-5-11-18(15,16-2)17-3/h12-13H,4-11H2,1-3H3. The average molecular weight is 273 g/mol. The van der Waals surface area contributed by atoms with Crippen molar-refractivity contribution in [2.24, 2.45) is 0 Å². The minimum atomic E-state index is -2.11. The van der Waals surface area contributed by atoms with Crippen LogP contribution in [-0.2, 0) is 8.85 Å². The SMILES string of the molecule is CCC(N1CCNCC1)N1CCC[Si]1(OC)OC. The van der Waals surface area contributed by atoms with E-state index < -0.39 is 8.72 Å². The lowest BCUT2D eigenvalue weighted by atomic mass is 10.2. The van der Waals surface area contributed by atoms with Gasteiger partial charge in [-0.05, 0) is 19.4 Å². The summed E-state index contributed by atoms with van der Waals surface area (Å²) >= 11 is 0. The highest BCUT2D eigenvalue weighted by atomic mass is 28.4. The highest BCUT2D eigenvalue weighted by Crippen LogP contribution is 2.31. The van der Waals surface area contributed by atoms with Crippen molar-refractivity contribution in [2.45, 2.75) is 32.0 Å². The lowest BCUT2D eigenvalue weighted by molar-refractivity contribution is 0.0477. The van der Waals surface area contributed by atoms with Gasteiger partial charge in [-0.1, -0.05) is 6.92 Å². The third-order valence-corrected chi connectivity index (χ3v) is 7.92. The van der Waals surface area contributed by atoms with E-state index in [1.165, 1.54) is 6.42 Å². The van der Waals surface area contributed by atoms with Crippen LogP contribution in [0.25, 0.3) is 0 Å². The van der Waals surface area contributed by atoms with Gasteiger partial charge in [0.25, 0.3) is 0 Å². The molecule has 0 aromatic carbocycles. The zero-order valence-electron chi connectivity index (χ0n) is 11.9. The zero-order valence-corrected chi connectivity index (χ0v) is 12.9. The first-order valence-corrected chi connectivity index (χ1v) is 9.06. The molecule has 0 amide bonds. The topological polar surface area (TPSA) is 37.0 Å². The van der Waals surface area contributed by atoms with Gasteiger partial charge >= 0.3 is 8.72 Å². The minimum absolute atomic E-state index is 0.487. The van der Waals surface area contributed by atoms with E-state index in [1.54, 1.807) is 0 Å². The normalized spacial score (nSPS) is 27.5. The second kappa shape index (κ2) is 6.45. The van der Waals surface area contributed by atoms with Gasteiger partial charge in [-0.25, -0.2) is 0 Å². The van der Waals surface area contributed by atoms with Crippen molar-refractivity contribution < 1.29 is 8.85 Å². The first-order valence-electron chi connectivity index (χ1n) is 7.09. The highest BCUT2D eigenvalue weighted by molar-refractivity contribution is 6.65. The van der Waals surface area contributed by atoms with Crippen LogP contribution in [0, 0.1) is 0 Å². The van der Waals surface area contributed by atoms with Gasteiger partial charge in [0.2, 0.25) is 0 Å². The van der Waals surface area contributed by atoms with Crippen molar-refractivity contribution in [2.75, 3.05) is 46.9 Å². The molecule has 0 bridgehead atoms. The first kappa shape index (κ1) is 14.4. The highest BCUT2D eigenvalue weighted by Gasteiger charge is 2.51. The molecule has 0 aromatic heterocycles. The summed E-state index contributed by atoms with van der Waals surface area (Å²) in [6.07, 6.45) is 2.83. The summed E-state index contributed by atoms with van der Waals surface area (Å²) in [5.41, 5.74) is 0. The summed E-state index contributed by atoms with van der Waals surface area (Å²) in [6.45, 7) is 7.85. The Bertz CT molecular complexity index is 258. The molecule has 5 nitrogen and oxygen atoms in total. The average Bonchev–Trinajstić information content (AvgIpc) is 2.85. The van der Waals surface area contributed by atoms with Crippen LogP contribution >= 0.6 is 0 Å². The van der Waals surface area contributed by atoms with Crippen LogP contribution in [-0.4, -0.2) is 71.3 Å². The number of hydrogen-bond acceptors (Lipinski definition) is 5. The van der Waals surface area contributed by atoms with Gasteiger partial charge in [0.05, 0.1) is 6.17 Å². The van der Waals surface area contributed by atoms with E-state index in [-0.39, 0.29) is 0 Å². The Hall–Kier alpha value is 0.0169. The number of hydrogen-bond donors (Lipinski definition) is 1. The maximum absolute atomic E-state index is 5.83. The lowest BCUT2D eigenvalue weighted by Gasteiger charge is -2.44. The van der Waals surface area contributed by atoms with Gasteiger partial charge in [0.1, 0.15) is 0 Å². The van der Waals surface area contributed by atoms with Crippen LogP contribution < -0.4 is 5.32 Å². The van der Waals surface area contributed by atoms with E-state index in [0.717, 1.165) is 45.2 Å². The predicted molar refractivity (Wildman–Crippen MR) is 74.4 cm³/mol. The van der Waals surface area contributed by atoms with Crippen molar-refractivity contribution in [1.29, 1.82) is 0 Å². The summed E-state index contributed by atoms with van der Waals surface area (Å²) in [5.74, 6) is 0. The molecule has 0 radical (unpaired) electrons. The van der Waals surface area contributed by atoms with Gasteiger partial charge in [0, 0.05) is 46.4 Å². The Morgan fingerprint density at radius 1 is 1.17 bits per heavy atom. The largest absolute Gasteiger partial charge is 0.428 e. The Morgan fingerprint density at radius 2 is 1.83 bits per heavy atom. The van der Waals surface area contributed by atoms with Crippen LogP contribution in [0.2, 0.25) is 6.04 Å². The van der Waals surface area contributed by atoms with Crippen LogP contribution in [0.15, 0.2) is 0 Å². The van der Waals surface area contributed by atoms with Crippen LogP contribution in [0.5, 0.6) is 0 Å². The van der Waals surface area contributed by atoms with Gasteiger partial charge in [-0.15, -0.1) is 0 Å². The van der Waals surface area contributed by atoms with E-state index in [0.29, 0.717) is 6.17 Å².